The van der Waals surface area contributed by atoms with Crippen LogP contribution in [0.4, 0.5) is 0 Å². The Morgan fingerprint density at radius 2 is 2.10 bits per heavy atom. The van der Waals surface area contributed by atoms with Gasteiger partial charge in [0.25, 0.3) is 5.91 Å². The molecule has 3 N–H and O–H groups in total. The van der Waals surface area contributed by atoms with E-state index in [9.17, 15) is 4.79 Å². The van der Waals surface area contributed by atoms with Gasteiger partial charge in [-0.05, 0) is 75.9 Å². The van der Waals surface area contributed by atoms with Gasteiger partial charge in [-0.3, -0.25) is 10.1 Å². The third-order valence-electron chi connectivity index (χ3n) is 5.54. The first kappa shape index (κ1) is 23.2. The van der Waals surface area contributed by atoms with Crippen molar-refractivity contribution in [1.82, 2.24) is 16.0 Å². The highest BCUT2D eigenvalue weighted by Gasteiger charge is 2.21. The number of thiophene rings is 1. The molecule has 1 aliphatic carbocycles. The van der Waals surface area contributed by atoms with Gasteiger partial charge >= 0.3 is 0 Å². The molecule has 1 atom stereocenters. The SMILES string of the molecule is CNCCCNCOCC(CCC1CCOCC1)NC(=O)c1sc2cc1C=CC=C2. The van der Waals surface area contributed by atoms with E-state index in [0.29, 0.717) is 19.3 Å². The molecule has 2 bridgehead atoms. The van der Waals surface area contributed by atoms with Crippen molar-refractivity contribution in [2.45, 2.75) is 38.1 Å². The average molecular weight is 434 g/mol. The minimum absolute atomic E-state index is 0.00348. The number of carbonyl (C=O) groups is 1. The number of hydrogen-bond donors (Lipinski definition) is 3. The second-order valence-electron chi connectivity index (χ2n) is 7.93. The van der Waals surface area contributed by atoms with E-state index in [1.807, 2.05) is 31.4 Å². The molecule has 6 nitrogen and oxygen atoms in total. The van der Waals surface area contributed by atoms with E-state index < -0.39 is 0 Å². The number of hydrogen-bond acceptors (Lipinski definition) is 6. The van der Waals surface area contributed by atoms with Gasteiger partial charge in [-0.1, -0.05) is 18.2 Å². The van der Waals surface area contributed by atoms with Crippen molar-refractivity contribution in [3.63, 3.8) is 0 Å². The molecule has 0 radical (unpaired) electrons. The molecular formula is C23H35N3O3S. The first-order valence-corrected chi connectivity index (χ1v) is 11.9. The van der Waals surface area contributed by atoms with Crippen molar-refractivity contribution in [2.24, 2.45) is 5.92 Å². The van der Waals surface area contributed by atoms with Gasteiger partial charge in [0.1, 0.15) is 0 Å². The fourth-order valence-electron chi connectivity index (χ4n) is 3.77. The van der Waals surface area contributed by atoms with Crippen molar-refractivity contribution < 1.29 is 14.3 Å². The highest BCUT2D eigenvalue weighted by atomic mass is 32.1. The zero-order valence-corrected chi connectivity index (χ0v) is 18.8. The Labute approximate surface area is 184 Å². The van der Waals surface area contributed by atoms with Gasteiger partial charge in [0.2, 0.25) is 0 Å². The standard InChI is InChI=1S/C23H35N3O3S/c1-24-11-4-12-25-17-29-16-20(8-7-18-9-13-28-14-10-18)26-23(27)22-19-5-2-3-6-21(15-19)30-22/h2-3,5-6,15,18,20,24-25H,4,7-14,16-17H2,1H3,(H,26,27). The van der Waals surface area contributed by atoms with Gasteiger partial charge in [0, 0.05) is 18.1 Å². The van der Waals surface area contributed by atoms with Crippen LogP contribution < -0.4 is 16.0 Å². The normalized spacial score (nSPS) is 17.1. The lowest BCUT2D eigenvalue weighted by molar-refractivity contribution is 0.0565. The Bertz CT molecular complexity index is 711. The number of rotatable bonds is 13. The molecule has 0 aromatic carbocycles. The molecule has 3 rings (SSSR count). The summed E-state index contributed by atoms with van der Waals surface area (Å²) < 4.78 is 11.3. The molecule has 166 valence electrons. The lowest BCUT2D eigenvalue weighted by Crippen LogP contribution is -2.39. The molecule has 1 amide bonds. The van der Waals surface area contributed by atoms with Gasteiger partial charge in [0.15, 0.2) is 0 Å². The third-order valence-corrected chi connectivity index (χ3v) is 6.65. The van der Waals surface area contributed by atoms with E-state index in [2.05, 4.69) is 22.0 Å². The van der Waals surface area contributed by atoms with Crippen molar-refractivity contribution in [1.29, 1.82) is 0 Å². The Morgan fingerprint density at radius 1 is 1.27 bits per heavy atom. The average Bonchev–Trinajstić information content (AvgIpc) is 3.02. The number of amides is 1. The zero-order valence-electron chi connectivity index (χ0n) is 18.0. The Morgan fingerprint density at radius 3 is 2.93 bits per heavy atom. The van der Waals surface area contributed by atoms with E-state index >= 15 is 0 Å². The van der Waals surface area contributed by atoms with Crippen LogP contribution in [0.25, 0.3) is 12.2 Å². The molecule has 2 heterocycles. The molecule has 1 aromatic rings. The molecule has 1 saturated heterocycles. The van der Waals surface area contributed by atoms with Gasteiger partial charge in [-0.15, -0.1) is 11.3 Å². The first-order chi connectivity index (χ1) is 14.8. The van der Waals surface area contributed by atoms with E-state index in [4.69, 9.17) is 9.47 Å². The maximum Gasteiger partial charge on any atom is 0.262 e. The number of carbonyl (C=O) groups excluding carboxylic acids is 1. The van der Waals surface area contributed by atoms with Crippen LogP contribution in [-0.2, 0) is 9.47 Å². The molecule has 1 unspecified atom stereocenters. The van der Waals surface area contributed by atoms with Crippen LogP contribution in [0.1, 0.15) is 52.2 Å². The van der Waals surface area contributed by atoms with Crippen LogP contribution in [0.3, 0.4) is 0 Å². The summed E-state index contributed by atoms with van der Waals surface area (Å²) in [6.45, 7) is 4.66. The van der Waals surface area contributed by atoms with Crippen LogP contribution in [0, 0.1) is 5.92 Å². The van der Waals surface area contributed by atoms with Gasteiger partial charge in [-0.25, -0.2) is 0 Å². The predicted octanol–water partition coefficient (Wildman–Crippen LogP) is 3.27. The van der Waals surface area contributed by atoms with E-state index in [1.165, 1.54) is 0 Å². The topological polar surface area (TPSA) is 71.6 Å². The minimum atomic E-state index is 0.00348. The number of allylic oxidation sites excluding steroid dienone is 2. The first-order valence-electron chi connectivity index (χ1n) is 11.1. The largest absolute Gasteiger partial charge is 0.381 e. The van der Waals surface area contributed by atoms with Crippen molar-refractivity contribution in [3.8, 4) is 0 Å². The fourth-order valence-corrected chi connectivity index (χ4v) is 4.74. The maximum absolute atomic E-state index is 13.0. The lowest BCUT2D eigenvalue weighted by atomic mass is 9.93. The second kappa shape index (κ2) is 13.0. The van der Waals surface area contributed by atoms with Crippen LogP contribution in [-0.4, -0.2) is 58.6 Å². The number of nitrogens with one attached hydrogen (secondary N) is 3. The summed E-state index contributed by atoms with van der Waals surface area (Å²) in [5.41, 5.74) is 0.993. The summed E-state index contributed by atoms with van der Waals surface area (Å²) in [5.74, 6) is 0.684. The summed E-state index contributed by atoms with van der Waals surface area (Å²) in [4.78, 5) is 14.9. The summed E-state index contributed by atoms with van der Waals surface area (Å²) in [6, 6.07) is 2.09. The minimum Gasteiger partial charge on any atom is -0.381 e. The van der Waals surface area contributed by atoms with E-state index in [0.717, 1.165) is 73.7 Å². The molecule has 1 aromatic heterocycles. The summed E-state index contributed by atoms with van der Waals surface area (Å²) in [7, 11) is 1.96. The maximum atomic E-state index is 13.0. The number of ether oxygens (including phenoxy) is 2. The monoisotopic (exact) mass is 433 g/mol. The molecule has 0 spiro atoms. The van der Waals surface area contributed by atoms with Gasteiger partial charge in [0.05, 0.1) is 24.3 Å². The Balaban J connectivity index is 1.50. The summed E-state index contributed by atoms with van der Waals surface area (Å²) in [5, 5.41) is 9.67. The quantitative estimate of drug-likeness (QED) is 0.329. The highest BCUT2D eigenvalue weighted by molar-refractivity contribution is 7.15. The Kier molecular flexibility index (Phi) is 10.1. The van der Waals surface area contributed by atoms with Crippen LogP contribution in [0.5, 0.6) is 0 Å². The van der Waals surface area contributed by atoms with Crippen molar-refractivity contribution in [3.05, 3.63) is 33.5 Å². The predicted molar refractivity (Wildman–Crippen MR) is 124 cm³/mol. The zero-order chi connectivity index (χ0) is 21.0. The third kappa shape index (κ3) is 7.63. The number of fused-ring (bicyclic) bond motifs is 2. The van der Waals surface area contributed by atoms with E-state index in [-0.39, 0.29) is 11.9 Å². The lowest BCUT2D eigenvalue weighted by Gasteiger charge is -2.25. The molecule has 7 heteroatoms. The smallest absolute Gasteiger partial charge is 0.262 e. The van der Waals surface area contributed by atoms with Crippen molar-refractivity contribution in [2.75, 3.05) is 46.7 Å². The molecule has 2 aliphatic rings. The van der Waals surface area contributed by atoms with Crippen LogP contribution in [0.2, 0.25) is 0 Å². The summed E-state index contributed by atoms with van der Waals surface area (Å²) in [6.07, 6.45) is 13.4. The molecular weight excluding hydrogens is 398 g/mol. The van der Waals surface area contributed by atoms with Gasteiger partial charge in [-0.2, -0.15) is 0 Å². The molecule has 1 aliphatic heterocycles. The summed E-state index contributed by atoms with van der Waals surface area (Å²) >= 11 is 1.55. The van der Waals surface area contributed by atoms with Crippen LogP contribution in [0.15, 0.2) is 18.2 Å². The van der Waals surface area contributed by atoms with E-state index in [1.54, 1.807) is 11.3 Å². The molecule has 30 heavy (non-hydrogen) atoms. The molecule has 1 fully saturated rings. The fraction of sp³-hybridized carbons (Fsp3) is 0.609. The Hall–Kier alpha value is -1.51. The van der Waals surface area contributed by atoms with Gasteiger partial charge < -0.3 is 20.1 Å². The van der Waals surface area contributed by atoms with Crippen LogP contribution >= 0.6 is 11.3 Å². The highest BCUT2D eigenvalue weighted by Crippen LogP contribution is 2.27. The second-order valence-corrected chi connectivity index (χ2v) is 9.01. The molecule has 0 saturated carbocycles. The van der Waals surface area contributed by atoms with Crippen molar-refractivity contribution >= 4 is 29.4 Å².